The molecule has 0 saturated heterocycles. The van der Waals surface area contributed by atoms with Gasteiger partial charge in [0.05, 0.1) is 10.9 Å². The minimum Gasteiger partial charge on any atom is -0.323 e. The summed E-state index contributed by atoms with van der Waals surface area (Å²) in [4.78, 5) is 21.5. The van der Waals surface area contributed by atoms with Crippen molar-refractivity contribution in [3.8, 4) is 0 Å². The number of hydrogen-bond acceptors (Lipinski definition) is 5. The number of benzene rings is 1. The first-order valence-corrected chi connectivity index (χ1v) is 10.0. The lowest BCUT2D eigenvalue weighted by atomic mass is 9.96. The van der Waals surface area contributed by atoms with Crippen molar-refractivity contribution in [2.24, 2.45) is 0 Å². The van der Waals surface area contributed by atoms with Crippen LogP contribution in [0.4, 0.5) is 11.6 Å². The van der Waals surface area contributed by atoms with E-state index in [0.717, 1.165) is 78.5 Å². The fourth-order valence-electron chi connectivity index (χ4n) is 3.96. The molecule has 8 nitrogen and oxygen atoms in total. The van der Waals surface area contributed by atoms with Crippen LogP contribution in [0.5, 0.6) is 0 Å². The summed E-state index contributed by atoms with van der Waals surface area (Å²) in [6.45, 7) is 1.98. The van der Waals surface area contributed by atoms with E-state index >= 15 is 0 Å². The van der Waals surface area contributed by atoms with Crippen molar-refractivity contribution in [3.63, 3.8) is 0 Å². The average molecular weight is 389 g/mol. The largest absolute Gasteiger partial charge is 0.323 e. The molecule has 0 radical (unpaired) electrons. The summed E-state index contributed by atoms with van der Waals surface area (Å²) >= 11 is 0. The van der Waals surface area contributed by atoms with Gasteiger partial charge < -0.3 is 5.32 Å². The number of hydrogen-bond donors (Lipinski definition) is 4. The summed E-state index contributed by atoms with van der Waals surface area (Å²) in [5, 5.41) is 16.8. The van der Waals surface area contributed by atoms with Gasteiger partial charge in [-0.05, 0) is 56.7 Å². The van der Waals surface area contributed by atoms with Gasteiger partial charge in [0, 0.05) is 29.4 Å². The van der Waals surface area contributed by atoms with Crippen molar-refractivity contribution in [3.05, 3.63) is 63.0 Å². The summed E-state index contributed by atoms with van der Waals surface area (Å²) in [7, 11) is 0. The van der Waals surface area contributed by atoms with Crippen molar-refractivity contribution in [1.82, 2.24) is 30.4 Å². The topological polar surface area (TPSA) is 115 Å². The Morgan fingerprint density at radius 3 is 2.83 bits per heavy atom. The quantitative estimate of drug-likeness (QED) is 0.419. The number of aryl methyl sites for hydroxylation is 4. The van der Waals surface area contributed by atoms with Crippen molar-refractivity contribution in [2.45, 2.75) is 45.4 Å². The molecule has 0 spiro atoms. The fourth-order valence-corrected chi connectivity index (χ4v) is 3.96. The molecule has 1 aliphatic carbocycles. The van der Waals surface area contributed by atoms with Crippen LogP contribution in [0, 0.1) is 6.92 Å². The minimum absolute atomic E-state index is 0.0901. The van der Waals surface area contributed by atoms with Gasteiger partial charge in [-0.3, -0.25) is 20.1 Å². The fraction of sp³-hybridized carbons (Fsp3) is 0.333. The van der Waals surface area contributed by atoms with E-state index < -0.39 is 0 Å². The molecular weight excluding hydrogens is 366 g/mol. The third-order valence-corrected chi connectivity index (χ3v) is 5.46. The van der Waals surface area contributed by atoms with Crippen molar-refractivity contribution < 1.29 is 0 Å². The molecule has 0 fully saturated rings. The van der Waals surface area contributed by atoms with Gasteiger partial charge in [-0.25, -0.2) is 9.97 Å². The van der Waals surface area contributed by atoms with Crippen LogP contribution < -0.4 is 10.9 Å². The molecule has 1 aliphatic rings. The summed E-state index contributed by atoms with van der Waals surface area (Å²) in [6.07, 6.45) is 5.81. The number of fused-ring (bicyclic) bond motifs is 2. The molecule has 0 saturated carbocycles. The number of nitrogens with zero attached hydrogens (tertiary/aromatic N) is 3. The normalized spacial score (nSPS) is 13.6. The van der Waals surface area contributed by atoms with Gasteiger partial charge >= 0.3 is 0 Å². The standard InChI is InChI=1S/C21H23N7O/c1-12-10-19(27-25-12)24-20-14-4-2-3-5-16(14)22-18(23-20)9-7-13-6-8-17-15(11-13)21(29)28-26-17/h6,8,10-11H,2-5,7,9H2,1H3,(H2,26,28,29)(H2,22,23,24,25,27). The lowest BCUT2D eigenvalue weighted by Crippen LogP contribution is -2.14. The average Bonchev–Trinajstić information content (AvgIpc) is 3.31. The van der Waals surface area contributed by atoms with Crippen LogP contribution in [0.25, 0.3) is 10.9 Å². The van der Waals surface area contributed by atoms with Crippen molar-refractivity contribution in [1.29, 1.82) is 0 Å². The highest BCUT2D eigenvalue weighted by Gasteiger charge is 2.18. The van der Waals surface area contributed by atoms with E-state index in [1.165, 1.54) is 5.56 Å². The predicted octanol–water partition coefficient (Wildman–Crippen LogP) is 3.09. The number of aromatic amines is 3. The molecule has 148 valence electrons. The number of nitrogens with one attached hydrogen (secondary N) is 4. The number of H-pyrrole nitrogens is 3. The lowest BCUT2D eigenvalue weighted by molar-refractivity contribution is 0.654. The Hall–Kier alpha value is -3.42. The first-order chi connectivity index (χ1) is 14.2. The van der Waals surface area contributed by atoms with Crippen LogP contribution in [0.3, 0.4) is 0 Å². The maximum absolute atomic E-state index is 11.9. The van der Waals surface area contributed by atoms with E-state index in [9.17, 15) is 4.79 Å². The van der Waals surface area contributed by atoms with Gasteiger partial charge in [0.2, 0.25) is 0 Å². The Bertz CT molecular complexity index is 1230. The SMILES string of the molecule is Cc1cc(Nc2nc(CCc3ccc4[nH][nH]c(=O)c4c3)nc3c2CCCC3)n[nH]1. The van der Waals surface area contributed by atoms with Crippen molar-refractivity contribution >= 4 is 22.5 Å². The van der Waals surface area contributed by atoms with Crippen LogP contribution >= 0.6 is 0 Å². The molecule has 1 aromatic carbocycles. The summed E-state index contributed by atoms with van der Waals surface area (Å²) < 4.78 is 0. The second-order valence-corrected chi connectivity index (χ2v) is 7.64. The van der Waals surface area contributed by atoms with E-state index in [1.54, 1.807) is 0 Å². The molecule has 3 aromatic heterocycles. The second kappa shape index (κ2) is 7.20. The summed E-state index contributed by atoms with van der Waals surface area (Å²) in [6, 6.07) is 7.88. The zero-order valence-electron chi connectivity index (χ0n) is 16.3. The highest BCUT2D eigenvalue weighted by molar-refractivity contribution is 5.78. The van der Waals surface area contributed by atoms with E-state index in [1.807, 2.05) is 31.2 Å². The zero-order chi connectivity index (χ0) is 19.8. The van der Waals surface area contributed by atoms with Crippen LogP contribution in [0.1, 0.15) is 41.2 Å². The molecule has 4 aromatic rings. The van der Waals surface area contributed by atoms with E-state index in [0.29, 0.717) is 5.39 Å². The number of rotatable bonds is 5. The molecule has 8 heteroatoms. The third kappa shape index (κ3) is 3.53. The Morgan fingerprint density at radius 2 is 1.97 bits per heavy atom. The summed E-state index contributed by atoms with van der Waals surface area (Å²) in [5.74, 6) is 2.47. The maximum atomic E-state index is 11.9. The molecule has 0 amide bonds. The van der Waals surface area contributed by atoms with Gasteiger partial charge in [0.1, 0.15) is 11.6 Å². The number of aromatic nitrogens is 6. The van der Waals surface area contributed by atoms with Gasteiger partial charge in [-0.2, -0.15) is 5.10 Å². The molecular formula is C21H23N7O. The monoisotopic (exact) mass is 389 g/mol. The molecule has 0 bridgehead atoms. The molecule has 0 unspecified atom stereocenters. The molecule has 4 N–H and O–H groups in total. The summed E-state index contributed by atoms with van der Waals surface area (Å²) in [5.41, 5.74) is 5.19. The van der Waals surface area contributed by atoms with Gasteiger partial charge in [0.25, 0.3) is 5.56 Å². The van der Waals surface area contributed by atoms with Gasteiger partial charge in [-0.1, -0.05) is 6.07 Å². The van der Waals surface area contributed by atoms with Crippen LogP contribution in [0.2, 0.25) is 0 Å². The first kappa shape index (κ1) is 17.7. The van der Waals surface area contributed by atoms with Gasteiger partial charge in [-0.15, -0.1) is 0 Å². The Kier molecular flexibility index (Phi) is 4.38. The molecule has 0 aliphatic heterocycles. The molecule has 3 heterocycles. The molecule has 29 heavy (non-hydrogen) atoms. The second-order valence-electron chi connectivity index (χ2n) is 7.64. The lowest BCUT2D eigenvalue weighted by Gasteiger charge is -2.19. The molecule has 5 rings (SSSR count). The Labute approximate surface area is 167 Å². The van der Waals surface area contributed by atoms with E-state index in [2.05, 4.69) is 25.7 Å². The first-order valence-electron chi connectivity index (χ1n) is 10.0. The Morgan fingerprint density at radius 1 is 1.07 bits per heavy atom. The minimum atomic E-state index is -0.0901. The smallest absolute Gasteiger partial charge is 0.271 e. The Balaban J connectivity index is 1.42. The van der Waals surface area contributed by atoms with Crippen molar-refractivity contribution in [2.75, 3.05) is 5.32 Å². The highest BCUT2D eigenvalue weighted by Crippen LogP contribution is 2.27. The van der Waals surface area contributed by atoms with E-state index in [4.69, 9.17) is 9.97 Å². The third-order valence-electron chi connectivity index (χ3n) is 5.46. The number of anilines is 2. The molecule has 0 atom stereocenters. The zero-order valence-corrected chi connectivity index (χ0v) is 16.3. The van der Waals surface area contributed by atoms with E-state index in [-0.39, 0.29) is 5.56 Å². The predicted molar refractivity (Wildman–Crippen MR) is 112 cm³/mol. The van der Waals surface area contributed by atoms with Gasteiger partial charge in [0.15, 0.2) is 5.82 Å². The maximum Gasteiger partial charge on any atom is 0.271 e. The van der Waals surface area contributed by atoms with Crippen LogP contribution in [0.15, 0.2) is 29.1 Å². The van der Waals surface area contributed by atoms with Crippen LogP contribution in [-0.4, -0.2) is 30.4 Å². The highest BCUT2D eigenvalue weighted by atomic mass is 16.1. The van der Waals surface area contributed by atoms with Crippen LogP contribution in [-0.2, 0) is 25.7 Å².